The van der Waals surface area contributed by atoms with E-state index in [0.29, 0.717) is 6.04 Å². The van der Waals surface area contributed by atoms with Gasteiger partial charge in [-0.25, -0.2) is 0 Å². The fraction of sp³-hybridized carbons (Fsp3) is 0.824. The molecule has 2 heterocycles. The zero-order valence-electron chi connectivity index (χ0n) is 14.6. The molecule has 6 heteroatoms. The fourth-order valence-corrected chi connectivity index (χ4v) is 3.18. The van der Waals surface area contributed by atoms with Crippen LogP contribution in [0, 0.1) is 5.92 Å². The number of ether oxygens (including phenoxy) is 1. The number of hydrogen-bond donors (Lipinski definition) is 2. The first kappa shape index (κ1) is 20.7. The predicted octanol–water partition coefficient (Wildman–Crippen LogP) is 2.24. The van der Waals surface area contributed by atoms with Gasteiger partial charge in [0, 0.05) is 45.9 Å². The van der Waals surface area contributed by atoms with E-state index in [1.54, 1.807) is 0 Å². The Kier molecular flexibility index (Phi) is 10.9. The molecule has 0 radical (unpaired) electrons. The van der Waals surface area contributed by atoms with Crippen LogP contribution in [0.2, 0.25) is 0 Å². The van der Waals surface area contributed by atoms with Gasteiger partial charge in [0.15, 0.2) is 5.96 Å². The van der Waals surface area contributed by atoms with E-state index in [9.17, 15) is 0 Å². The molecular formula is C17H33IN4O. The van der Waals surface area contributed by atoms with Crippen molar-refractivity contribution in [1.82, 2.24) is 15.5 Å². The number of rotatable bonds is 6. The molecule has 2 aliphatic rings. The Balaban J connectivity index is 0.00000264. The number of guanidine groups is 1. The van der Waals surface area contributed by atoms with E-state index in [4.69, 9.17) is 4.74 Å². The van der Waals surface area contributed by atoms with Crippen LogP contribution in [-0.4, -0.2) is 63.3 Å². The van der Waals surface area contributed by atoms with E-state index >= 15 is 0 Å². The lowest BCUT2D eigenvalue weighted by Gasteiger charge is -2.34. The highest BCUT2D eigenvalue weighted by atomic mass is 127. The van der Waals surface area contributed by atoms with Gasteiger partial charge in [-0.3, -0.25) is 4.99 Å². The average Bonchev–Trinajstić information content (AvgIpc) is 3.05. The fourth-order valence-electron chi connectivity index (χ4n) is 3.18. The highest BCUT2D eigenvalue weighted by Crippen LogP contribution is 2.17. The third kappa shape index (κ3) is 7.85. The maximum absolute atomic E-state index is 5.47. The molecule has 1 atom stereocenters. The molecule has 0 aromatic rings. The summed E-state index contributed by atoms with van der Waals surface area (Å²) in [5, 5.41) is 6.94. The summed E-state index contributed by atoms with van der Waals surface area (Å²) >= 11 is 0. The minimum atomic E-state index is 0. The SMILES string of the molecule is CC=CCCNC(=NC)NC1CCN(CC2CCOC2)CC1.I. The lowest BCUT2D eigenvalue weighted by Crippen LogP contribution is -2.49. The standard InChI is InChI=1S/C17H32N4O.HI/c1-3-4-5-9-19-17(18-2)20-16-6-10-21(11-7-16)13-15-8-12-22-14-15;/h3-4,15-16H,5-14H2,1-2H3,(H2,18,19,20);1H. The Labute approximate surface area is 158 Å². The van der Waals surface area contributed by atoms with Crippen molar-refractivity contribution in [2.45, 2.75) is 38.6 Å². The van der Waals surface area contributed by atoms with Crippen molar-refractivity contribution in [2.75, 3.05) is 46.4 Å². The molecule has 0 bridgehead atoms. The molecule has 0 aliphatic carbocycles. The normalized spacial score (nSPS) is 23.9. The van der Waals surface area contributed by atoms with Crippen molar-refractivity contribution >= 4 is 29.9 Å². The Morgan fingerprint density at radius 3 is 2.70 bits per heavy atom. The Hall–Kier alpha value is -0.340. The molecule has 0 aromatic heterocycles. The summed E-state index contributed by atoms with van der Waals surface area (Å²) < 4.78 is 5.47. The first-order chi connectivity index (χ1) is 10.8. The van der Waals surface area contributed by atoms with Gasteiger partial charge in [0.1, 0.15) is 0 Å². The molecule has 0 spiro atoms. The maximum atomic E-state index is 5.47. The second-order valence-electron chi connectivity index (χ2n) is 6.31. The molecule has 0 aromatic carbocycles. The van der Waals surface area contributed by atoms with Crippen LogP contribution in [0.25, 0.3) is 0 Å². The summed E-state index contributed by atoms with van der Waals surface area (Å²) in [5.41, 5.74) is 0. The zero-order valence-corrected chi connectivity index (χ0v) is 16.9. The van der Waals surface area contributed by atoms with Crippen molar-refractivity contribution in [2.24, 2.45) is 10.9 Å². The molecule has 2 rings (SSSR count). The minimum absolute atomic E-state index is 0. The van der Waals surface area contributed by atoms with Gasteiger partial charge in [-0.05, 0) is 38.5 Å². The molecule has 0 amide bonds. The van der Waals surface area contributed by atoms with Crippen LogP contribution in [0.15, 0.2) is 17.1 Å². The molecule has 23 heavy (non-hydrogen) atoms. The monoisotopic (exact) mass is 436 g/mol. The Morgan fingerprint density at radius 1 is 1.30 bits per heavy atom. The number of likely N-dealkylation sites (tertiary alicyclic amines) is 1. The highest BCUT2D eigenvalue weighted by molar-refractivity contribution is 14.0. The predicted molar refractivity (Wildman–Crippen MR) is 108 cm³/mol. The molecule has 2 saturated heterocycles. The molecule has 5 nitrogen and oxygen atoms in total. The van der Waals surface area contributed by atoms with Crippen LogP contribution in [0.3, 0.4) is 0 Å². The number of piperidine rings is 1. The van der Waals surface area contributed by atoms with Crippen LogP contribution < -0.4 is 10.6 Å². The second kappa shape index (κ2) is 12.1. The number of nitrogens with one attached hydrogen (secondary N) is 2. The van der Waals surface area contributed by atoms with Crippen molar-refractivity contribution < 1.29 is 4.74 Å². The van der Waals surface area contributed by atoms with Gasteiger partial charge in [0.05, 0.1) is 6.61 Å². The highest BCUT2D eigenvalue weighted by Gasteiger charge is 2.24. The van der Waals surface area contributed by atoms with E-state index in [1.165, 1.54) is 38.9 Å². The summed E-state index contributed by atoms with van der Waals surface area (Å²) in [7, 11) is 1.85. The number of nitrogens with zero attached hydrogens (tertiary/aromatic N) is 2. The van der Waals surface area contributed by atoms with E-state index in [0.717, 1.165) is 38.1 Å². The lowest BCUT2D eigenvalue weighted by molar-refractivity contribution is 0.150. The number of allylic oxidation sites excluding steroid dienone is 1. The number of aliphatic imine (C=N–C) groups is 1. The zero-order chi connectivity index (χ0) is 15.6. The smallest absolute Gasteiger partial charge is 0.191 e. The van der Waals surface area contributed by atoms with Crippen molar-refractivity contribution in [3.05, 3.63) is 12.2 Å². The van der Waals surface area contributed by atoms with Gasteiger partial charge < -0.3 is 20.3 Å². The summed E-state index contributed by atoms with van der Waals surface area (Å²) in [6, 6.07) is 0.545. The average molecular weight is 436 g/mol. The molecule has 2 aliphatic heterocycles. The van der Waals surface area contributed by atoms with Crippen LogP contribution in [0.5, 0.6) is 0 Å². The lowest BCUT2D eigenvalue weighted by atomic mass is 10.0. The molecule has 0 saturated carbocycles. The van der Waals surface area contributed by atoms with Gasteiger partial charge in [0.25, 0.3) is 0 Å². The van der Waals surface area contributed by atoms with E-state index < -0.39 is 0 Å². The number of hydrogen-bond acceptors (Lipinski definition) is 3. The quantitative estimate of drug-likeness (QED) is 0.221. The molecule has 134 valence electrons. The van der Waals surface area contributed by atoms with Gasteiger partial charge in [-0.1, -0.05) is 12.2 Å². The first-order valence-electron chi connectivity index (χ1n) is 8.70. The van der Waals surface area contributed by atoms with Gasteiger partial charge in [0.2, 0.25) is 0 Å². The van der Waals surface area contributed by atoms with Crippen LogP contribution >= 0.6 is 24.0 Å². The molecule has 2 N–H and O–H groups in total. The van der Waals surface area contributed by atoms with Crippen molar-refractivity contribution in [1.29, 1.82) is 0 Å². The summed E-state index contributed by atoms with van der Waals surface area (Å²) in [4.78, 5) is 6.92. The summed E-state index contributed by atoms with van der Waals surface area (Å²) in [5.74, 6) is 1.69. The van der Waals surface area contributed by atoms with Gasteiger partial charge >= 0.3 is 0 Å². The third-order valence-corrected chi connectivity index (χ3v) is 4.53. The third-order valence-electron chi connectivity index (χ3n) is 4.53. The van der Waals surface area contributed by atoms with Crippen LogP contribution in [0.4, 0.5) is 0 Å². The summed E-state index contributed by atoms with van der Waals surface area (Å²) in [6.07, 6.45) is 8.93. The maximum Gasteiger partial charge on any atom is 0.191 e. The van der Waals surface area contributed by atoms with E-state index in [2.05, 4.69) is 39.6 Å². The summed E-state index contributed by atoms with van der Waals surface area (Å²) in [6.45, 7) is 8.48. The number of halogens is 1. The Morgan fingerprint density at radius 2 is 2.09 bits per heavy atom. The second-order valence-corrected chi connectivity index (χ2v) is 6.31. The van der Waals surface area contributed by atoms with Crippen LogP contribution in [0.1, 0.15) is 32.6 Å². The Bertz CT molecular complexity index is 362. The van der Waals surface area contributed by atoms with E-state index in [-0.39, 0.29) is 24.0 Å². The molecular weight excluding hydrogens is 403 g/mol. The van der Waals surface area contributed by atoms with Crippen molar-refractivity contribution in [3.63, 3.8) is 0 Å². The molecule has 1 unspecified atom stereocenters. The van der Waals surface area contributed by atoms with Crippen molar-refractivity contribution in [3.8, 4) is 0 Å². The largest absolute Gasteiger partial charge is 0.381 e. The van der Waals surface area contributed by atoms with Gasteiger partial charge in [-0.15, -0.1) is 24.0 Å². The van der Waals surface area contributed by atoms with Crippen LogP contribution in [-0.2, 0) is 4.74 Å². The first-order valence-corrected chi connectivity index (χ1v) is 8.70. The topological polar surface area (TPSA) is 48.9 Å². The minimum Gasteiger partial charge on any atom is -0.381 e. The van der Waals surface area contributed by atoms with E-state index in [1.807, 2.05) is 7.05 Å². The van der Waals surface area contributed by atoms with Gasteiger partial charge in [-0.2, -0.15) is 0 Å². The molecule has 2 fully saturated rings.